The van der Waals surface area contributed by atoms with Crippen molar-refractivity contribution in [1.29, 1.82) is 0 Å². The molecule has 0 aliphatic rings. The number of guanidine groups is 1. The molecule has 0 saturated carbocycles. The van der Waals surface area contributed by atoms with Crippen molar-refractivity contribution in [3.63, 3.8) is 0 Å². The number of hydrogen-bond donors (Lipinski definition) is 3. The van der Waals surface area contributed by atoms with Gasteiger partial charge < -0.3 is 9.90 Å². The number of hydrogen-bond acceptors (Lipinski definition) is 2. The highest BCUT2D eigenvalue weighted by molar-refractivity contribution is 6.25. The number of halogens is 1. The van der Waals surface area contributed by atoms with Crippen molar-refractivity contribution in [1.82, 2.24) is 0 Å². The molecule has 0 radical (unpaired) electrons. The molecular formula is C3H8ClN3O2. The van der Waals surface area contributed by atoms with Crippen molar-refractivity contribution in [3.8, 4) is 0 Å². The number of carboxylic acid groups (broad SMARTS) is 1. The van der Waals surface area contributed by atoms with Gasteiger partial charge in [0, 0.05) is 0 Å². The van der Waals surface area contributed by atoms with Gasteiger partial charge in [0.25, 0.3) is 0 Å². The topological polar surface area (TPSA) is 118 Å². The molecule has 9 heavy (non-hydrogen) atoms. The minimum absolute atomic E-state index is 0.0833. The first kappa shape index (κ1) is 10.9. The third-order valence-corrected chi connectivity index (χ3v) is 0.327. The Morgan fingerprint density at radius 1 is 1.67 bits per heavy atom. The van der Waals surface area contributed by atoms with Crippen LogP contribution < -0.4 is 22.0 Å². The number of nitrogens with two attached hydrogens (primary N) is 3. The van der Waals surface area contributed by atoms with Gasteiger partial charge >= 0.3 is 5.96 Å². The van der Waals surface area contributed by atoms with Crippen molar-refractivity contribution >= 4 is 23.5 Å². The average Bonchev–Trinajstić information content (AvgIpc) is 1.65. The minimum atomic E-state index is -1.23. The quantitative estimate of drug-likeness (QED) is 0.202. The fraction of sp³-hybridized carbons (Fsp3) is 0.333. The monoisotopic (exact) mass is 153 g/mol. The molecule has 0 aliphatic carbocycles. The highest BCUT2D eigenvalue weighted by atomic mass is 35.5. The Morgan fingerprint density at radius 3 is 1.78 bits per heavy atom. The Balaban J connectivity index is 0. The molecule has 0 saturated heterocycles. The molecule has 0 rings (SSSR count). The number of alkyl halides is 1. The van der Waals surface area contributed by atoms with Crippen LogP contribution in [-0.4, -0.2) is 17.8 Å². The Morgan fingerprint density at radius 2 is 1.78 bits per heavy atom. The molecule has 0 unspecified atom stereocenters. The summed E-state index contributed by atoms with van der Waals surface area (Å²) in [6, 6.07) is 0. The summed E-state index contributed by atoms with van der Waals surface area (Å²) in [6.45, 7) is 0. The molecule has 0 aromatic heterocycles. The molecule has 6 N–H and O–H groups in total. The smallest absolute Gasteiger partial charge is 0.336 e. The Labute approximate surface area is 57.1 Å². The zero-order chi connectivity index (χ0) is 7.86. The van der Waals surface area contributed by atoms with Crippen LogP contribution in [0.3, 0.4) is 0 Å². The van der Waals surface area contributed by atoms with Crippen molar-refractivity contribution in [3.05, 3.63) is 0 Å². The van der Waals surface area contributed by atoms with Gasteiger partial charge in [0.15, 0.2) is 0 Å². The Hall–Kier alpha value is -0.970. The lowest BCUT2D eigenvalue weighted by atomic mass is 10.8. The maximum absolute atomic E-state index is 9.12. The number of carbonyl (C=O) groups excluding carboxylic acids is 1. The van der Waals surface area contributed by atoms with E-state index in [1.54, 1.807) is 0 Å². The molecule has 0 heterocycles. The normalized spacial score (nSPS) is 6.78. The van der Waals surface area contributed by atoms with Crippen molar-refractivity contribution < 1.29 is 15.3 Å². The summed E-state index contributed by atoms with van der Waals surface area (Å²) in [5.74, 6) is -1.73. The van der Waals surface area contributed by atoms with Crippen LogP contribution in [0.1, 0.15) is 0 Å². The fourth-order valence-corrected chi connectivity index (χ4v) is 0. The van der Waals surface area contributed by atoms with Crippen LogP contribution in [-0.2, 0) is 4.79 Å². The van der Waals surface area contributed by atoms with E-state index in [1.807, 2.05) is 0 Å². The zero-order valence-corrected chi connectivity index (χ0v) is 5.39. The molecular weight excluding hydrogens is 146 g/mol. The summed E-state index contributed by atoms with van der Waals surface area (Å²) >= 11 is 4.67. The van der Waals surface area contributed by atoms with Crippen LogP contribution in [0.15, 0.2) is 0 Å². The van der Waals surface area contributed by atoms with Gasteiger partial charge in [0.2, 0.25) is 0 Å². The first-order valence-corrected chi connectivity index (χ1v) is 2.43. The van der Waals surface area contributed by atoms with Gasteiger partial charge in [-0.2, -0.15) is 0 Å². The van der Waals surface area contributed by atoms with Gasteiger partial charge in [-0.05, 0) is 0 Å². The summed E-state index contributed by atoms with van der Waals surface area (Å²) in [5.41, 5.74) is 9.17. The van der Waals surface area contributed by atoms with E-state index in [-0.39, 0.29) is 5.96 Å². The molecule has 54 valence electrons. The molecule has 0 aliphatic heterocycles. The fourth-order valence-electron chi connectivity index (χ4n) is 0. The van der Waals surface area contributed by atoms with E-state index in [1.165, 1.54) is 0 Å². The van der Waals surface area contributed by atoms with Gasteiger partial charge in [-0.25, -0.2) is 0 Å². The van der Waals surface area contributed by atoms with Crippen LogP contribution >= 0.6 is 11.6 Å². The average molecular weight is 154 g/mol. The van der Waals surface area contributed by atoms with Gasteiger partial charge in [0.05, 0.1) is 11.8 Å². The molecule has 0 amide bonds. The van der Waals surface area contributed by atoms with E-state index in [2.05, 4.69) is 28.5 Å². The summed E-state index contributed by atoms with van der Waals surface area (Å²) < 4.78 is 0. The Bertz CT molecular complexity index is 101. The van der Waals surface area contributed by atoms with E-state index >= 15 is 0 Å². The van der Waals surface area contributed by atoms with E-state index in [0.717, 1.165) is 0 Å². The van der Waals surface area contributed by atoms with E-state index < -0.39 is 11.8 Å². The van der Waals surface area contributed by atoms with Gasteiger partial charge in [0.1, 0.15) is 0 Å². The number of rotatable bonds is 1. The molecule has 0 aromatic carbocycles. The Kier molecular flexibility index (Phi) is 8.53. The van der Waals surface area contributed by atoms with E-state index in [9.17, 15) is 0 Å². The maximum atomic E-state index is 9.12. The van der Waals surface area contributed by atoms with E-state index in [4.69, 9.17) is 9.90 Å². The SMILES string of the molecule is NC(N)=[NH2+].O=C([O-])CCl. The largest absolute Gasteiger partial charge is 0.549 e. The highest BCUT2D eigenvalue weighted by Gasteiger charge is 1.68. The molecule has 0 fully saturated rings. The molecule has 6 heteroatoms. The molecule has 0 spiro atoms. The summed E-state index contributed by atoms with van der Waals surface area (Å²) in [6.07, 6.45) is 0. The number of aliphatic carboxylic acids is 1. The van der Waals surface area contributed by atoms with Crippen molar-refractivity contribution in [2.24, 2.45) is 11.5 Å². The number of carbonyl (C=O) groups is 1. The standard InChI is InChI=1S/C2H3ClO2.CH5N3/c3-1-2(4)5;2-1(3)4/h1H2,(H,4,5);(H5,2,3,4). The predicted molar refractivity (Wildman–Crippen MR) is 31.0 cm³/mol. The minimum Gasteiger partial charge on any atom is -0.549 e. The second-order valence-corrected chi connectivity index (χ2v) is 1.27. The summed E-state index contributed by atoms with van der Waals surface area (Å²) in [5, 5.41) is 13.7. The zero-order valence-electron chi connectivity index (χ0n) is 4.63. The van der Waals surface area contributed by atoms with Gasteiger partial charge in [-0.1, -0.05) is 0 Å². The maximum Gasteiger partial charge on any atom is 0.336 e. The van der Waals surface area contributed by atoms with Crippen LogP contribution in [0.5, 0.6) is 0 Å². The van der Waals surface area contributed by atoms with Crippen LogP contribution in [0.25, 0.3) is 0 Å². The summed E-state index contributed by atoms with van der Waals surface area (Å²) in [4.78, 5) is 9.12. The van der Waals surface area contributed by atoms with Gasteiger partial charge in [-0.15, -0.1) is 11.6 Å². The molecule has 5 nitrogen and oxygen atoms in total. The second kappa shape index (κ2) is 7.03. The van der Waals surface area contributed by atoms with Gasteiger partial charge in [-0.3, -0.25) is 16.9 Å². The van der Waals surface area contributed by atoms with Crippen molar-refractivity contribution in [2.75, 3.05) is 5.88 Å². The third kappa shape index (κ3) is 168. The predicted octanol–water partition coefficient (Wildman–Crippen LogP) is -4.01. The van der Waals surface area contributed by atoms with Crippen molar-refractivity contribution in [2.45, 2.75) is 0 Å². The first-order valence-electron chi connectivity index (χ1n) is 1.90. The van der Waals surface area contributed by atoms with Crippen LogP contribution in [0.2, 0.25) is 0 Å². The van der Waals surface area contributed by atoms with E-state index in [0.29, 0.717) is 0 Å². The number of carboxylic acids is 1. The molecule has 0 atom stereocenters. The summed E-state index contributed by atoms with van der Waals surface area (Å²) in [7, 11) is 0. The molecule has 0 aromatic rings. The molecule has 0 bridgehead atoms. The lowest BCUT2D eigenvalue weighted by Gasteiger charge is -1.85. The highest BCUT2D eigenvalue weighted by Crippen LogP contribution is 1.63. The second-order valence-electron chi connectivity index (χ2n) is 1.01. The third-order valence-electron chi connectivity index (χ3n) is 0.109. The van der Waals surface area contributed by atoms with Crippen LogP contribution in [0, 0.1) is 0 Å². The van der Waals surface area contributed by atoms with Crippen LogP contribution in [0.4, 0.5) is 0 Å². The lowest BCUT2D eigenvalue weighted by Crippen LogP contribution is -2.51. The lowest BCUT2D eigenvalue weighted by molar-refractivity contribution is -0.301. The first-order chi connectivity index (χ1) is 4.00.